The average molecular weight is 465 g/mol. The Kier molecular flexibility index (Phi) is 4.74. The highest BCUT2D eigenvalue weighted by Gasteiger charge is 2.30. The average Bonchev–Trinajstić information content (AvgIpc) is 3.51. The molecule has 0 aliphatic carbocycles. The molecule has 3 heterocycles. The van der Waals surface area contributed by atoms with Crippen LogP contribution in [0.1, 0.15) is 4.88 Å². The first-order valence-corrected chi connectivity index (χ1v) is 12.4. The summed E-state index contributed by atoms with van der Waals surface area (Å²) in [5.74, 6) is -0.507. The molecular formula is C23H13FN2O2S3. The van der Waals surface area contributed by atoms with Crippen LogP contribution in [0.3, 0.4) is 0 Å². The fraction of sp³-hybridized carbons (Fsp3) is 0. The summed E-state index contributed by atoms with van der Waals surface area (Å²) in [6.45, 7) is 0. The second kappa shape index (κ2) is 7.46. The molecule has 5 rings (SSSR count). The molecule has 0 amide bonds. The molecule has 0 bridgehead atoms. The minimum atomic E-state index is -4.05. The van der Waals surface area contributed by atoms with E-state index in [1.807, 2.05) is 41.1 Å². The lowest BCUT2D eigenvalue weighted by atomic mass is 10.0. The molecule has 8 heteroatoms. The van der Waals surface area contributed by atoms with Gasteiger partial charge >= 0.3 is 0 Å². The van der Waals surface area contributed by atoms with Crippen LogP contribution < -0.4 is 0 Å². The Morgan fingerprint density at radius 2 is 1.68 bits per heavy atom. The maximum Gasteiger partial charge on any atom is 0.268 e. The third-order valence-electron chi connectivity index (χ3n) is 4.97. The molecule has 0 saturated carbocycles. The van der Waals surface area contributed by atoms with Gasteiger partial charge in [-0.25, -0.2) is 16.8 Å². The molecule has 0 atom stereocenters. The zero-order valence-corrected chi connectivity index (χ0v) is 18.3. The van der Waals surface area contributed by atoms with E-state index in [9.17, 15) is 18.1 Å². The summed E-state index contributed by atoms with van der Waals surface area (Å²) in [6.07, 6.45) is 0. The van der Waals surface area contributed by atoms with Crippen molar-refractivity contribution in [2.45, 2.75) is 4.90 Å². The van der Waals surface area contributed by atoms with Gasteiger partial charge in [0.15, 0.2) is 0 Å². The van der Waals surface area contributed by atoms with Crippen molar-refractivity contribution < 1.29 is 12.8 Å². The lowest BCUT2D eigenvalue weighted by Gasteiger charge is -2.12. The number of rotatable bonds is 4. The molecule has 4 nitrogen and oxygen atoms in total. The first kappa shape index (κ1) is 19.7. The van der Waals surface area contributed by atoms with Gasteiger partial charge in [-0.2, -0.15) is 5.26 Å². The minimum Gasteiger partial charge on any atom is -0.232 e. The monoisotopic (exact) mass is 464 g/mol. The number of hydrogen-bond acceptors (Lipinski definition) is 5. The quantitative estimate of drug-likeness (QED) is 0.311. The zero-order chi connectivity index (χ0) is 21.6. The van der Waals surface area contributed by atoms with Crippen LogP contribution in [0.5, 0.6) is 0 Å². The Labute approximate surface area is 186 Å². The Hall–Kier alpha value is -3.25. The number of nitrogens with zero attached hydrogens (tertiary/aromatic N) is 2. The van der Waals surface area contributed by atoms with E-state index in [2.05, 4.69) is 6.07 Å². The highest BCUT2D eigenvalue weighted by molar-refractivity contribution is 7.90. The first-order chi connectivity index (χ1) is 15.0. The topological polar surface area (TPSA) is 62.9 Å². The fourth-order valence-corrected chi connectivity index (χ4v) is 6.73. The third kappa shape index (κ3) is 3.10. The predicted molar refractivity (Wildman–Crippen MR) is 122 cm³/mol. The van der Waals surface area contributed by atoms with Crippen molar-refractivity contribution in [2.24, 2.45) is 0 Å². The smallest absolute Gasteiger partial charge is 0.232 e. The molecule has 0 unspecified atom stereocenters. The second-order valence-corrected chi connectivity index (χ2v) is 10.4. The van der Waals surface area contributed by atoms with E-state index >= 15 is 0 Å². The predicted octanol–water partition coefficient (Wildman–Crippen LogP) is 6.35. The molecule has 0 radical (unpaired) electrons. The molecule has 0 aliphatic rings. The number of benzene rings is 2. The van der Waals surface area contributed by atoms with E-state index in [0.29, 0.717) is 27.2 Å². The van der Waals surface area contributed by atoms with Crippen LogP contribution >= 0.6 is 22.7 Å². The summed E-state index contributed by atoms with van der Waals surface area (Å²) in [5.41, 5.74) is 2.39. The van der Waals surface area contributed by atoms with Gasteiger partial charge in [-0.15, -0.1) is 22.7 Å². The highest BCUT2D eigenvalue weighted by atomic mass is 32.2. The standard InChI is InChI=1S/C23H13FN2O2S3/c24-15-7-9-16(10-8-15)31(27,28)26-19-5-2-1-4-17(19)22(18-11-13-30-21(18)14-25)23(26)20-6-3-12-29-20/h1-13H. The van der Waals surface area contributed by atoms with Crippen molar-refractivity contribution >= 4 is 43.6 Å². The van der Waals surface area contributed by atoms with Gasteiger partial charge in [0.2, 0.25) is 0 Å². The van der Waals surface area contributed by atoms with Crippen LogP contribution in [-0.2, 0) is 10.0 Å². The summed E-state index contributed by atoms with van der Waals surface area (Å²) >= 11 is 2.73. The highest BCUT2D eigenvalue weighted by Crippen LogP contribution is 2.45. The molecule has 0 aliphatic heterocycles. The summed E-state index contributed by atoms with van der Waals surface area (Å²) in [7, 11) is -4.05. The number of hydrogen-bond donors (Lipinski definition) is 0. The number of halogens is 1. The number of para-hydroxylation sites is 1. The SMILES string of the molecule is N#Cc1sccc1-c1c(-c2cccs2)n(S(=O)(=O)c2ccc(F)cc2)c2ccccc12. The Morgan fingerprint density at radius 1 is 0.903 bits per heavy atom. The van der Waals surface area contributed by atoms with Crippen molar-refractivity contribution in [2.75, 3.05) is 0 Å². The van der Waals surface area contributed by atoms with Gasteiger partial charge in [0.05, 0.1) is 21.0 Å². The fourth-order valence-electron chi connectivity index (χ4n) is 3.68. The summed E-state index contributed by atoms with van der Waals surface area (Å²) in [4.78, 5) is 1.26. The lowest BCUT2D eigenvalue weighted by molar-refractivity contribution is 0.588. The minimum absolute atomic E-state index is 0.00941. The number of thiophene rings is 2. The van der Waals surface area contributed by atoms with Crippen LogP contribution in [0, 0.1) is 17.1 Å². The van der Waals surface area contributed by atoms with E-state index in [4.69, 9.17) is 0 Å². The van der Waals surface area contributed by atoms with E-state index in [1.54, 1.807) is 12.1 Å². The Bertz CT molecular complexity index is 1560. The van der Waals surface area contributed by atoms with E-state index < -0.39 is 15.8 Å². The first-order valence-electron chi connectivity index (χ1n) is 9.19. The van der Waals surface area contributed by atoms with Crippen LogP contribution in [0.15, 0.2) is 82.4 Å². The molecule has 0 fully saturated rings. The third-order valence-corrected chi connectivity index (χ3v) is 8.40. The molecular weight excluding hydrogens is 451 g/mol. The molecule has 0 spiro atoms. The molecule has 2 aromatic carbocycles. The zero-order valence-electron chi connectivity index (χ0n) is 15.8. The van der Waals surface area contributed by atoms with Gasteiger partial charge in [0.25, 0.3) is 10.0 Å². The molecule has 0 saturated heterocycles. The van der Waals surface area contributed by atoms with Gasteiger partial charge in [-0.1, -0.05) is 24.3 Å². The van der Waals surface area contributed by atoms with E-state index in [1.165, 1.54) is 38.8 Å². The summed E-state index contributed by atoms with van der Waals surface area (Å²) in [5, 5.41) is 14.1. The Balaban J connectivity index is 1.96. The van der Waals surface area contributed by atoms with Crippen molar-refractivity contribution in [1.29, 1.82) is 5.26 Å². The number of nitriles is 1. The summed E-state index contributed by atoms with van der Waals surface area (Å²) in [6, 6.07) is 19.8. The molecule has 3 aromatic heterocycles. The molecule has 5 aromatic rings. The molecule has 31 heavy (non-hydrogen) atoms. The maximum absolute atomic E-state index is 13.8. The molecule has 0 N–H and O–H groups in total. The van der Waals surface area contributed by atoms with E-state index in [-0.39, 0.29) is 4.90 Å². The van der Waals surface area contributed by atoms with Gasteiger partial charge in [0.1, 0.15) is 16.8 Å². The number of fused-ring (bicyclic) bond motifs is 1. The van der Waals surface area contributed by atoms with Crippen LogP contribution in [0.2, 0.25) is 0 Å². The van der Waals surface area contributed by atoms with Crippen molar-refractivity contribution in [3.05, 3.63) is 88.2 Å². The van der Waals surface area contributed by atoms with Crippen LogP contribution in [0.4, 0.5) is 4.39 Å². The van der Waals surface area contributed by atoms with E-state index in [0.717, 1.165) is 22.4 Å². The second-order valence-electron chi connectivity index (χ2n) is 6.72. The van der Waals surface area contributed by atoms with Gasteiger partial charge in [-0.3, -0.25) is 0 Å². The number of aromatic nitrogens is 1. The maximum atomic E-state index is 13.8. The largest absolute Gasteiger partial charge is 0.268 e. The Morgan fingerprint density at radius 3 is 2.39 bits per heavy atom. The van der Waals surface area contributed by atoms with Crippen LogP contribution in [0.25, 0.3) is 32.6 Å². The van der Waals surface area contributed by atoms with Crippen LogP contribution in [-0.4, -0.2) is 12.4 Å². The lowest BCUT2D eigenvalue weighted by Crippen LogP contribution is -2.14. The normalized spacial score (nSPS) is 11.6. The van der Waals surface area contributed by atoms with Crippen molar-refractivity contribution in [1.82, 2.24) is 3.97 Å². The summed E-state index contributed by atoms with van der Waals surface area (Å²) < 4.78 is 42.4. The van der Waals surface area contributed by atoms with Crippen molar-refractivity contribution in [3.63, 3.8) is 0 Å². The van der Waals surface area contributed by atoms with Crippen molar-refractivity contribution in [3.8, 4) is 27.8 Å². The van der Waals surface area contributed by atoms with Gasteiger partial charge < -0.3 is 0 Å². The molecule has 152 valence electrons. The van der Waals surface area contributed by atoms with Gasteiger partial charge in [-0.05, 0) is 53.2 Å². The van der Waals surface area contributed by atoms with Gasteiger partial charge in [0, 0.05) is 16.5 Å².